The first kappa shape index (κ1) is 16.1. The Balaban J connectivity index is 2.05. The summed E-state index contributed by atoms with van der Waals surface area (Å²) in [6, 6.07) is 8.81. The van der Waals surface area contributed by atoms with Crippen LogP contribution in [0.5, 0.6) is 0 Å². The van der Waals surface area contributed by atoms with E-state index in [4.69, 9.17) is 5.73 Å². The number of rotatable bonds is 5. The van der Waals surface area contributed by atoms with E-state index in [1.807, 2.05) is 51.1 Å². The van der Waals surface area contributed by atoms with Crippen LogP contribution in [-0.4, -0.2) is 21.9 Å². The first-order chi connectivity index (χ1) is 10.5. The largest absolute Gasteiger partial charge is 0.325 e. The minimum Gasteiger partial charge on any atom is -0.325 e. The van der Waals surface area contributed by atoms with E-state index in [-0.39, 0.29) is 5.91 Å². The van der Waals surface area contributed by atoms with Gasteiger partial charge in [-0.15, -0.1) is 0 Å². The van der Waals surface area contributed by atoms with Gasteiger partial charge in [0.05, 0.1) is 6.04 Å². The highest BCUT2D eigenvalue weighted by Crippen LogP contribution is 2.18. The molecule has 0 saturated carbocycles. The van der Waals surface area contributed by atoms with Crippen LogP contribution in [-0.2, 0) is 4.79 Å². The third-order valence-corrected chi connectivity index (χ3v) is 3.27. The number of benzene rings is 1. The van der Waals surface area contributed by atoms with Gasteiger partial charge in [-0.05, 0) is 49.6 Å². The molecular weight excluding hydrogens is 276 g/mol. The van der Waals surface area contributed by atoms with Gasteiger partial charge in [0.1, 0.15) is 0 Å². The Hall–Kier alpha value is -2.27. The van der Waals surface area contributed by atoms with Crippen molar-refractivity contribution in [3.8, 4) is 11.4 Å². The molecule has 0 aliphatic heterocycles. The molecule has 1 amide bonds. The Labute approximate surface area is 131 Å². The maximum absolute atomic E-state index is 12.0. The predicted molar refractivity (Wildman–Crippen MR) is 88.3 cm³/mol. The van der Waals surface area contributed by atoms with Crippen LogP contribution >= 0.6 is 0 Å². The lowest BCUT2D eigenvalue weighted by molar-refractivity contribution is -0.117. The fraction of sp³-hybridized carbons (Fsp3) is 0.353. The van der Waals surface area contributed by atoms with Gasteiger partial charge in [0, 0.05) is 23.1 Å². The normalized spacial score (nSPS) is 12.2. The molecule has 3 N–H and O–H groups in total. The molecule has 0 bridgehead atoms. The number of nitrogens with one attached hydrogen (secondary N) is 1. The Morgan fingerprint density at radius 2 is 1.91 bits per heavy atom. The fourth-order valence-corrected chi connectivity index (χ4v) is 2.14. The van der Waals surface area contributed by atoms with Gasteiger partial charge in [-0.3, -0.25) is 4.79 Å². The number of hydrogen-bond acceptors (Lipinski definition) is 4. The zero-order chi connectivity index (χ0) is 16.1. The maximum Gasteiger partial charge on any atom is 0.241 e. The first-order valence-electron chi connectivity index (χ1n) is 7.42. The van der Waals surface area contributed by atoms with Crippen LogP contribution in [0.25, 0.3) is 11.4 Å². The van der Waals surface area contributed by atoms with E-state index in [1.54, 1.807) is 6.20 Å². The van der Waals surface area contributed by atoms with Crippen molar-refractivity contribution in [2.24, 2.45) is 11.7 Å². The molecule has 2 aromatic rings. The highest BCUT2D eigenvalue weighted by atomic mass is 16.2. The van der Waals surface area contributed by atoms with Crippen molar-refractivity contribution in [1.82, 2.24) is 9.97 Å². The molecule has 2 rings (SSSR count). The lowest BCUT2D eigenvalue weighted by Gasteiger charge is -2.14. The quantitative estimate of drug-likeness (QED) is 0.889. The van der Waals surface area contributed by atoms with Crippen LogP contribution in [0.3, 0.4) is 0 Å². The van der Waals surface area contributed by atoms with E-state index in [0.717, 1.165) is 16.9 Å². The number of carbonyl (C=O) groups is 1. The minimum atomic E-state index is -0.486. The molecule has 116 valence electrons. The number of hydrogen-bond donors (Lipinski definition) is 2. The molecule has 0 aliphatic rings. The minimum absolute atomic E-state index is 0.159. The number of aryl methyl sites for hydroxylation is 1. The summed E-state index contributed by atoms with van der Waals surface area (Å²) in [5.74, 6) is 0.907. The molecule has 1 aromatic carbocycles. The lowest BCUT2D eigenvalue weighted by Crippen LogP contribution is -2.36. The topological polar surface area (TPSA) is 80.9 Å². The second kappa shape index (κ2) is 7.13. The van der Waals surface area contributed by atoms with Crippen molar-refractivity contribution in [3.63, 3.8) is 0 Å². The van der Waals surface area contributed by atoms with Gasteiger partial charge in [-0.1, -0.05) is 13.8 Å². The summed E-state index contributed by atoms with van der Waals surface area (Å²) in [5, 5.41) is 2.83. The van der Waals surface area contributed by atoms with Crippen LogP contribution in [0.4, 0.5) is 5.69 Å². The first-order valence-corrected chi connectivity index (χ1v) is 7.42. The summed E-state index contributed by atoms with van der Waals surface area (Å²) in [6.45, 7) is 6.02. The predicted octanol–water partition coefficient (Wildman–Crippen LogP) is 2.76. The summed E-state index contributed by atoms with van der Waals surface area (Å²) >= 11 is 0. The number of aromatic nitrogens is 2. The number of nitrogens with two attached hydrogens (primary N) is 1. The molecule has 0 aliphatic carbocycles. The van der Waals surface area contributed by atoms with Crippen molar-refractivity contribution in [1.29, 1.82) is 0 Å². The maximum atomic E-state index is 12.0. The van der Waals surface area contributed by atoms with Crippen molar-refractivity contribution in [3.05, 3.63) is 42.2 Å². The van der Waals surface area contributed by atoms with Crippen molar-refractivity contribution >= 4 is 11.6 Å². The Kier molecular flexibility index (Phi) is 5.22. The van der Waals surface area contributed by atoms with Crippen LogP contribution in [0.1, 0.15) is 26.0 Å². The standard InChI is InChI=1S/C17H22N4O/c1-11(2)10-15(18)17(22)21-14-6-4-13(5-7-14)16-19-9-8-12(3)20-16/h4-9,11,15H,10,18H2,1-3H3,(H,21,22)/t15-/m0/s1. The molecule has 0 radical (unpaired) electrons. The molecule has 1 aromatic heterocycles. The molecule has 0 saturated heterocycles. The summed E-state index contributed by atoms with van der Waals surface area (Å²) < 4.78 is 0. The molecule has 0 fully saturated rings. The average Bonchev–Trinajstić information content (AvgIpc) is 2.47. The molecule has 1 atom stereocenters. The van der Waals surface area contributed by atoms with Gasteiger partial charge in [0.15, 0.2) is 5.82 Å². The molecule has 0 spiro atoms. The van der Waals surface area contributed by atoms with E-state index >= 15 is 0 Å². The molecule has 0 unspecified atom stereocenters. The highest BCUT2D eigenvalue weighted by Gasteiger charge is 2.15. The van der Waals surface area contributed by atoms with Crippen molar-refractivity contribution in [2.75, 3.05) is 5.32 Å². The second-order valence-corrected chi connectivity index (χ2v) is 5.82. The summed E-state index contributed by atoms with van der Waals surface area (Å²) in [7, 11) is 0. The lowest BCUT2D eigenvalue weighted by atomic mass is 10.0. The van der Waals surface area contributed by atoms with Gasteiger partial charge in [-0.25, -0.2) is 9.97 Å². The third kappa shape index (κ3) is 4.36. The number of amides is 1. The molecule has 5 heteroatoms. The van der Waals surface area contributed by atoms with Gasteiger partial charge in [-0.2, -0.15) is 0 Å². The van der Waals surface area contributed by atoms with E-state index in [1.165, 1.54) is 0 Å². The monoisotopic (exact) mass is 298 g/mol. The van der Waals surface area contributed by atoms with Crippen LogP contribution in [0.2, 0.25) is 0 Å². The summed E-state index contributed by atoms with van der Waals surface area (Å²) in [4.78, 5) is 20.6. The number of carbonyl (C=O) groups excluding carboxylic acids is 1. The van der Waals surface area contributed by atoms with Gasteiger partial charge >= 0.3 is 0 Å². The molecule has 1 heterocycles. The fourth-order valence-electron chi connectivity index (χ4n) is 2.14. The van der Waals surface area contributed by atoms with Crippen LogP contribution < -0.4 is 11.1 Å². The van der Waals surface area contributed by atoms with Gasteiger partial charge in [0.2, 0.25) is 5.91 Å². The number of nitrogens with zero attached hydrogens (tertiary/aromatic N) is 2. The highest BCUT2D eigenvalue weighted by molar-refractivity contribution is 5.94. The van der Waals surface area contributed by atoms with Crippen molar-refractivity contribution < 1.29 is 4.79 Å². The summed E-state index contributed by atoms with van der Waals surface area (Å²) in [6.07, 6.45) is 2.40. The van der Waals surface area contributed by atoms with Crippen LogP contribution in [0.15, 0.2) is 36.5 Å². The third-order valence-electron chi connectivity index (χ3n) is 3.27. The van der Waals surface area contributed by atoms with E-state index < -0.39 is 6.04 Å². The average molecular weight is 298 g/mol. The van der Waals surface area contributed by atoms with E-state index in [9.17, 15) is 4.79 Å². The second-order valence-electron chi connectivity index (χ2n) is 5.82. The van der Waals surface area contributed by atoms with E-state index in [0.29, 0.717) is 18.2 Å². The smallest absolute Gasteiger partial charge is 0.241 e. The van der Waals surface area contributed by atoms with Gasteiger partial charge in [0.25, 0.3) is 0 Å². The zero-order valence-corrected chi connectivity index (χ0v) is 13.2. The summed E-state index contributed by atoms with van der Waals surface area (Å²) in [5.41, 5.74) is 8.42. The molecule has 22 heavy (non-hydrogen) atoms. The zero-order valence-electron chi connectivity index (χ0n) is 13.2. The van der Waals surface area contributed by atoms with Crippen LogP contribution in [0, 0.1) is 12.8 Å². The molecular formula is C17H22N4O. The Bertz CT molecular complexity index is 637. The Morgan fingerprint density at radius 1 is 1.23 bits per heavy atom. The van der Waals surface area contributed by atoms with Gasteiger partial charge < -0.3 is 11.1 Å². The molecule has 5 nitrogen and oxygen atoms in total. The number of anilines is 1. The SMILES string of the molecule is Cc1ccnc(-c2ccc(NC(=O)[C@@H](N)CC(C)C)cc2)n1. The van der Waals surface area contributed by atoms with E-state index in [2.05, 4.69) is 15.3 Å². The Morgan fingerprint density at radius 3 is 2.50 bits per heavy atom. The van der Waals surface area contributed by atoms with Crippen molar-refractivity contribution in [2.45, 2.75) is 33.2 Å².